The summed E-state index contributed by atoms with van der Waals surface area (Å²) in [6, 6.07) is 9.16. The highest BCUT2D eigenvalue weighted by Gasteiger charge is 2.41. The minimum atomic E-state index is 0.721. The van der Waals surface area contributed by atoms with Gasteiger partial charge in [-0.15, -0.1) is 0 Å². The van der Waals surface area contributed by atoms with Gasteiger partial charge in [-0.1, -0.05) is 12.1 Å². The third-order valence-electron chi connectivity index (χ3n) is 3.94. The molecule has 0 aliphatic heterocycles. The Labute approximate surface area is 105 Å². The van der Waals surface area contributed by atoms with E-state index in [1.54, 1.807) is 11.5 Å². The second-order valence-electron chi connectivity index (χ2n) is 5.37. The largest absolute Gasteiger partial charge is 0.372 e. The van der Waals surface area contributed by atoms with Crippen LogP contribution in [-0.2, 0) is 0 Å². The number of hydrogen-bond donors (Lipinski definition) is 1. The molecule has 4 rings (SSSR count). The van der Waals surface area contributed by atoms with E-state index in [2.05, 4.69) is 34.0 Å². The van der Waals surface area contributed by atoms with Gasteiger partial charge in [0, 0.05) is 11.4 Å². The molecule has 2 saturated carbocycles. The molecule has 2 fully saturated rings. The van der Waals surface area contributed by atoms with Crippen molar-refractivity contribution in [3.63, 3.8) is 0 Å². The third kappa shape index (κ3) is 1.82. The number of hydrogen-bond acceptors (Lipinski definition) is 3. The van der Waals surface area contributed by atoms with E-state index < -0.39 is 0 Å². The Hall–Kier alpha value is -1.09. The van der Waals surface area contributed by atoms with Gasteiger partial charge in [0.15, 0.2) is 0 Å². The summed E-state index contributed by atoms with van der Waals surface area (Å²) in [7, 11) is 0. The van der Waals surface area contributed by atoms with Crippen LogP contribution < -0.4 is 5.32 Å². The van der Waals surface area contributed by atoms with E-state index in [0.29, 0.717) is 0 Å². The molecule has 1 aromatic carbocycles. The normalized spacial score (nSPS) is 20.1. The van der Waals surface area contributed by atoms with Crippen molar-refractivity contribution in [2.75, 3.05) is 5.32 Å². The number of aromatic nitrogens is 1. The van der Waals surface area contributed by atoms with Crippen LogP contribution in [0.15, 0.2) is 24.3 Å². The van der Waals surface area contributed by atoms with Gasteiger partial charge in [-0.05, 0) is 61.2 Å². The molecule has 2 aliphatic carbocycles. The van der Waals surface area contributed by atoms with E-state index in [-0.39, 0.29) is 0 Å². The summed E-state index contributed by atoms with van der Waals surface area (Å²) in [5.74, 6) is 1.87. The van der Waals surface area contributed by atoms with E-state index in [0.717, 1.165) is 23.4 Å². The van der Waals surface area contributed by atoms with Crippen LogP contribution >= 0.6 is 11.5 Å². The van der Waals surface area contributed by atoms with Gasteiger partial charge < -0.3 is 5.32 Å². The van der Waals surface area contributed by atoms with Gasteiger partial charge in [-0.2, -0.15) is 4.37 Å². The molecule has 0 atom stereocenters. The Morgan fingerprint density at radius 2 is 1.82 bits per heavy atom. The van der Waals surface area contributed by atoms with Crippen LogP contribution in [-0.4, -0.2) is 10.4 Å². The molecule has 1 heterocycles. The van der Waals surface area contributed by atoms with E-state index >= 15 is 0 Å². The maximum absolute atomic E-state index is 4.51. The lowest BCUT2D eigenvalue weighted by Crippen LogP contribution is -2.23. The minimum Gasteiger partial charge on any atom is -0.372 e. The monoisotopic (exact) mass is 244 g/mol. The zero-order valence-electron chi connectivity index (χ0n) is 9.73. The molecule has 88 valence electrons. The van der Waals surface area contributed by atoms with Crippen LogP contribution in [0.3, 0.4) is 0 Å². The van der Waals surface area contributed by atoms with Crippen molar-refractivity contribution < 1.29 is 0 Å². The molecule has 0 spiro atoms. The van der Waals surface area contributed by atoms with Gasteiger partial charge in [0.2, 0.25) is 0 Å². The molecule has 1 aromatic heterocycles. The number of rotatable bonds is 4. The Kier molecular flexibility index (Phi) is 2.15. The molecule has 2 aliphatic rings. The van der Waals surface area contributed by atoms with Gasteiger partial charge >= 0.3 is 0 Å². The molecular formula is C14H16N2S. The number of nitrogens with one attached hydrogen (secondary N) is 1. The quantitative estimate of drug-likeness (QED) is 0.882. The highest BCUT2D eigenvalue weighted by molar-refractivity contribution is 7.11. The summed E-state index contributed by atoms with van der Waals surface area (Å²) in [5, 5.41) is 6.36. The van der Waals surface area contributed by atoms with Crippen molar-refractivity contribution in [1.29, 1.82) is 0 Å². The summed E-state index contributed by atoms with van der Waals surface area (Å²) in [6.45, 7) is 0. The van der Waals surface area contributed by atoms with Crippen molar-refractivity contribution in [3.05, 3.63) is 24.3 Å². The Morgan fingerprint density at radius 1 is 1.12 bits per heavy atom. The summed E-state index contributed by atoms with van der Waals surface area (Å²) >= 11 is 1.62. The molecule has 17 heavy (non-hydrogen) atoms. The Balaban J connectivity index is 1.64. The number of benzene rings is 1. The zero-order valence-corrected chi connectivity index (χ0v) is 10.5. The predicted octanol–water partition coefficient (Wildman–Crippen LogP) is 3.90. The average Bonchev–Trinajstić information content (AvgIpc) is 3.25. The first-order chi connectivity index (χ1) is 8.42. The SMILES string of the molecule is c1ccc2c(NC(C3CC3)C3CC3)snc2c1. The van der Waals surface area contributed by atoms with Crippen molar-refractivity contribution in [3.8, 4) is 0 Å². The summed E-state index contributed by atoms with van der Waals surface area (Å²) in [4.78, 5) is 0. The first kappa shape index (κ1) is 9.89. The lowest BCUT2D eigenvalue weighted by Gasteiger charge is -2.17. The first-order valence-electron chi connectivity index (χ1n) is 6.53. The lowest BCUT2D eigenvalue weighted by molar-refractivity contribution is 0.569. The zero-order chi connectivity index (χ0) is 11.2. The minimum absolute atomic E-state index is 0.721. The molecule has 1 N–H and O–H groups in total. The van der Waals surface area contributed by atoms with Crippen molar-refractivity contribution >= 4 is 27.4 Å². The van der Waals surface area contributed by atoms with Crippen LogP contribution in [0.25, 0.3) is 10.9 Å². The van der Waals surface area contributed by atoms with Gasteiger partial charge in [0.05, 0.1) is 5.52 Å². The van der Waals surface area contributed by atoms with E-state index in [1.165, 1.54) is 36.1 Å². The Morgan fingerprint density at radius 3 is 2.53 bits per heavy atom. The summed E-state index contributed by atoms with van der Waals surface area (Å²) in [5.41, 5.74) is 1.13. The molecule has 0 bridgehead atoms. The van der Waals surface area contributed by atoms with Crippen LogP contribution in [0, 0.1) is 11.8 Å². The molecule has 0 unspecified atom stereocenters. The molecule has 0 radical (unpaired) electrons. The second kappa shape index (κ2) is 3.70. The second-order valence-corrected chi connectivity index (χ2v) is 6.15. The third-order valence-corrected chi connectivity index (χ3v) is 4.75. The fraction of sp³-hybridized carbons (Fsp3) is 0.500. The van der Waals surface area contributed by atoms with Crippen LogP contribution in [0.2, 0.25) is 0 Å². The fourth-order valence-electron chi connectivity index (χ4n) is 2.68. The van der Waals surface area contributed by atoms with E-state index in [4.69, 9.17) is 0 Å². The Bertz CT molecular complexity index is 528. The smallest absolute Gasteiger partial charge is 0.117 e. The van der Waals surface area contributed by atoms with Gasteiger partial charge in [0.1, 0.15) is 5.00 Å². The molecular weight excluding hydrogens is 228 g/mol. The maximum atomic E-state index is 4.51. The molecule has 2 aromatic rings. The molecule has 2 nitrogen and oxygen atoms in total. The highest BCUT2D eigenvalue weighted by atomic mass is 32.1. The van der Waals surface area contributed by atoms with Crippen molar-refractivity contribution in [1.82, 2.24) is 4.37 Å². The predicted molar refractivity (Wildman–Crippen MR) is 72.5 cm³/mol. The lowest BCUT2D eigenvalue weighted by atomic mass is 10.1. The van der Waals surface area contributed by atoms with Gasteiger partial charge in [-0.3, -0.25) is 0 Å². The molecule has 3 heteroatoms. The highest BCUT2D eigenvalue weighted by Crippen LogP contribution is 2.46. The summed E-state index contributed by atoms with van der Waals surface area (Å²) in [6.07, 6.45) is 5.69. The van der Waals surface area contributed by atoms with Crippen LogP contribution in [0.5, 0.6) is 0 Å². The van der Waals surface area contributed by atoms with Crippen LogP contribution in [0.4, 0.5) is 5.00 Å². The van der Waals surface area contributed by atoms with E-state index in [1.807, 2.05) is 0 Å². The summed E-state index contributed by atoms with van der Waals surface area (Å²) < 4.78 is 4.51. The fourth-order valence-corrected chi connectivity index (χ4v) is 3.48. The number of fused-ring (bicyclic) bond motifs is 1. The average molecular weight is 244 g/mol. The van der Waals surface area contributed by atoms with Crippen LogP contribution in [0.1, 0.15) is 25.7 Å². The standard InChI is InChI=1S/C14H16N2S/c1-2-4-12-11(3-1)14(17-16-12)15-13(9-5-6-9)10-7-8-10/h1-4,9-10,13,15H,5-8H2. The number of anilines is 1. The van der Waals surface area contributed by atoms with Crippen molar-refractivity contribution in [2.45, 2.75) is 31.7 Å². The molecule has 0 amide bonds. The van der Waals surface area contributed by atoms with Gasteiger partial charge in [0.25, 0.3) is 0 Å². The first-order valence-corrected chi connectivity index (χ1v) is 7.30. The molecule has 0 saturated heterocycles. The number of nitrogens with zero attached hydrogens (tertiary/aromatic N) is 1. The topological polar surface area (TPSA) is 24.9 Å². The van der Waals surface area contributed by atoms with Crippen molar-refractivity contribution in [2.24, 2.45) is 11.8 Å². The van der Waals surface area contributed by atoms with E-state index in [9.17, 15) is 0 Å². The van der Waals surface area contributed by atoms with Gasteiger partial charge in [-0.25, -0.2) is 0 Å². The maximum Gasteiger partial charge on any atom is 0.117 e.